The molecule has 0 saturated carbocycles. The molecule has 26 heavy (non-hydrogen) atoms. The molecule has 0 aromatic heterocycles. The van der Waals surface area contributed by atoms with E-state index in [0.29, 0.717) is 0 Å². The van der Waals surface area contributed by atoms with E-state index < -0.39 is 38.1 Å². The molecule has 154 valence electrons. The van der Waals surface area contributed by atoms with E-state index in [1.165, 1.54) is 0 Å². The number of alkyl carbamates (subject to hydrolysis) is 1. The molecule has 7 heteroatoms. The highest BCUT2D eigenvalue weighted by molar-refractivity contribution is 6.74. The minimum Gasteiger partial charge on any atom is -0.481 e. The number of amides is 1. The maximum absolute atomic E-state index is 12.3. The second-order valence-electron chi connectivity index (χ2n) is 9.57. The van der Waals surface area contributed by atoms with Crippen molar-refractivity contribution in [3.8, 4) is 0 Å². The van der Waals surface area contributed by atoms with Crippen molar-refractivity contribution in [3.05, 3.63) is 0 Å². The van der Waals surface area contributed by atoms with Crippen molar-refractivity contribution in [2.24, 2.45) is 5.92 Å². The molecule has 3 atom stereocenters. The SMILES string of the molecule is CC[C@H](C)[C@@H](NC(=O)OC(C)(C)C)[C@@H](CC(=O)O)O[Si](C)(C)C(C)(C)C. The molecule has 0 aromatic carbocycles. The van der Waals surface area contributed by atoms with Crippen molar-refractivity contribution in [2.75, 3.05) is 0 Å². The highest BCUT2D eigenvalue weighted by Crippen LogP contribution is 2.38. The zero-order valence-electron chi connectivity index (χ0n) is 18.2. The first-order chi connectivity index (χ1) is 11.5. The third-order valence-electron chi connectivity index (χ3n) is 4.97. The van der Waals surface area contributed by atoms with Crippen LogP contribution in [0.5, 0.6) is 0 Å². The van der Waals surface area contributed by atoms with Gasteiger partial charge in [-0.2, -0.15) is 0 Å². The summed E-state index contributed by atoms with van der Waals surface area (Å²) in [4.78, 5) is 23.8. The number of carboxylic acid groups (broad SMARTS) is 1. The summed E-state index contributed by atoms with van der Waals surface area (Å²) in [6.07, 6.45) is -0.512. The third kappa shape index (κ3) is 8.53. The summed E-state index contributed by atoms with van der Waals surface area (Å²) in [5.74, 6) is -0.885. The van der Waals surface area contributed by atoms with Gasteiger partial charge >= 0.3 is 12.1 Å². The summed E-state index contributed by atoms with van der Waals surface area (Å²) in [5, 5.41) is 12.2. The van der Waals surface area contributed by atoms with Crippen molar-refractivity contribution in [2.45, 2.75) is 104 Å². The number of ether oxygens (including phenoxy) is 1. The van der Waals surface area contributed by atoms with Crippen LogP contribution in [0.15, 0.2) is 0 Å². The van der Waals surface area contributed by atoms with Gasteiger partial charge in [0.25, 0.3) is 0 Å². The van der Waals surface area contributed by atoms with E-state index in [1.54, 1.807) is 20.8 Å². The highest BCUT2D eigenvalue weighted by atomic mass is 28.4. The summed E-state index contributed by atoms with van der Waals surface area (Å²) in [6.45, 7) is 19.9. The minimum absolute atomic E-state index is 0.0524. The zero-order valence-corrected chi connectivity index (χ0v) is 19.2. The van der Waals surface area contributed by atoms with Crippen molar-refractivity contribution in [1.29, 1.82) is 0 Å². The molecule has 0 bridgehead atoms. The van der Waals surface area contributed by atoms with Crippen molar-refractivity contribution < 1.29 is 23.9 Å². The van der Waals surface area contributed by atoms with Crippen LogP contribution in [0.1, 0.15) is 68.2 Å². The number of nitrogens with one attached hydrogen (secondary N) is 1. The Hall–Kier alpha value is -1.08. The first-order valence-corrected chi connectivity index (χ1v) is 12.3. The Morgan fingerprint density at radius 3 is 1.96 bits per heavy atom. The lowest BCUT2D eigenvalue weighted by atomic mass is 9.93. The molecular formula is C19H39NO5Si. The Balaban J connectivity index is 5.62. The van der Waals surface area contributed by atoms with E-state index in [2.05, 4.69) is 39.2 Å². The molecule has 0 spiro atoms. The third-order valence-corrected chi connectivity index (χ3v) is 9.47. The summed E-state index contributed by atoms with van der Waals surface area (Å²) < 4.78 is 11.8. The van der Waals surface area contributed by atoms with Gasteiger partial charge in [-0.3, -0.25) is 4.79 Å². The number of aliphatic carboxylic acids is 1. The van der Waals surface area contributed by atoms with Crippen LogP contribution in [0, 0.1) is 5.92 Å². The lowest BCUT2D eigenvalue weighted by Crippen LogP contribution is -2.55. The number of carboxylic acids is 1. The van der Waals surface area contributed by atoms with Gasteiger partial charge in [0.2, 0.25) is 0 Å². The van der Waals surface area contributed by atoms with Gasteiger partial charge in [0.05, 0.1) is 18.6 Å². The van der Waals surface area contributed by atoms with Crippen LogP contribution in [0.2, 0.25) is 18.1 Å². The molecule has 1 amide bonds. The molecule has 0 aliphatic rings. The van der Waals surface area contributed by atoms with Crippen LogP contribution in [0.25, 0.3) is 0 Å². The Kier molecular flexibility index (Phi) is 8.83. The summed E-state index contributed by atoms with van der Waals surface area (Å²) >= 11 is 0. The van der Waals surface area contributed by atoms with E-state index in [-0.39, 0.29) is 17.4 Å². The first kappa shape index (κ1) is 24.9. The van der Waals surface area contributed by atoms with Gasteiger partial charge < -0.3 is 19.6 Å². The normalized spacial score (nSPS) is 16.5. The molecule has 0 aliphatic carbocycles. The smallest absolute Gasteiger partial charge is 0.407 e. The molecule has 0 saturated heterocycles. The molecule has 0 aliphatic heterocycles. The predicted molar refractivity (Wildman–Crippen MR) is 107 cm³/mol. The van der Waals surface area contributed by atoms with Crippen LogP contribution >= 0.6 is 0 Å². The second-order valence-corrected chi connectivity index (χ2v) is 14.3. The van der Waals surface area contributed by atoms with Gasteiger partial charge in [-0.1, -0.05) is 41.0 Å². The monoisotopic (exact) mass is 389 g/mol. The number of carbonyl (C=O) groups is 2. The molecule has 0 unspecified atom stereocenters. The topological polar surface area (TPSA) is 84.9 Å². The highest BCUT2D eigenvalue weighted by Gasteiger charge is 2.42. The quantitative estimate of drug-likeness (QED) is 0.583. The summed E-state index contributed by atoms with van der Waals surface area (Å²) in [7, 11) is -2.21. The molecular weight excluding hydrogens is 350 g/mol. The Morgan fingerprint density at radius 2 is 1.62 bits per heavy atom. The maximum Gasteiger partial charge on any atom is 0.407 e. The predicted octanol–water partition coefficient (Wildman–Crippen LogP) is 4.79. The van der Waals surface area contributed by atoms with Crippen LogP contribution in [-0.2, 0) is 14.0 Å². The van der Waals surface area contributed by atoms with E-state index in [0.717, 1.165) is 6.42 Å². The average molecular weight is 390 g/mol. The Bertz CT molecular complexity index is 479. The van der Waals surface area contributed by atoms with E-state index in [9.17, 15) is 14.7 Å². The summed E-state index contributed by atoms with van der Waals surface area (Å²) in [5.41, 5.74) is -0.618. The van der Waals surface area contributed by atoms with Gasteiger partial charge in [-0.25, -0.2) is 4.79 Å². The van der Waals surface area contributed by atoms with Gasteiger partial charge in [0, 0.05) is 0 Å². The Morgan fingerprint density at radius 1 is 1.12 bits per heavy atom. The van der Waals surface area contributed by atoms with Gasteiger partial charge in [-0.05, 0) is 44.8 Å². The molecule has 0 rings (SSSR count). The maximum atomic E-state index is 12.3. The van der Waals surface area contributed by atoms with Crippen LogP contribution in [0.3, 0.4) is 0 Å². The molecule has 0 radical (unpaired) electrons. The fraction of sp³-hybridized carbons (Fsp3) is 0.895. The standard InChI is InChI=1S/C19H39NO5Si/c1-11-13(2)16(20-17(23)24-18(3,4)5)14(12-15(21)22)25-26(9,10)19(6,7)8/h13-14,16H,11-12H2,1-10H3,(H,20,23)(H,21,22)/t13-,14+,16+/m0/s1. The van der Waals surface area contributed by atoms with Crippen LogP contribution in [0.4, 0.5) is 4.79 Å². The van der Waals surface area contributed by atoms with E-state index in [1.807, 2.05) is 13.8 Å². The fourth-order valence-electron chi connectivity index (χ4n) is 2.27. The van der Waals surface area contributed by atoms with Gasteiger partial charge in [0.15, 0.2) is 8.32 Å². The van der Waals surface area contributed by atoms with Crippen molar-refractivity contribution in [1.82, 2.24) is 5.32 Å². The second kappa shape index (κ2) is 9.22. The lowest BCUT2D eigenvalue weighted by Gasteiger charge is -2.42. The molecule has 0 aromatic rings. The zero-order chi connectivity index (χ0) is 20.9. The first-order valence-electron chi connectivity index (χ1n) is 9.39. The van der Waals surface area contributed by atoms with Crippen LogP contribution in [-0.4, -0.2) is 43.2 Å². The molecule has 0 heterocycles. The average Bonchev–Trinajstić information content (AvgIpc) is 2.39. The number of rotatable bonds is 8. The minimum atomic E-state index is -2.21. The molecule has 2 N–H and O–H groups in total. The van der Waals surface area contributed by atoms with Crippen molar-refractivity contribution >= 4 is 20.4 Å². The van der Waals surface area contributed by atoms with E-state index in [4.69, 9.17) is 9.16 Å². The number of carbonyl (C=O) groups excluding carboxylic acids is 1. The largest absolute Gasteiger partial charge is 0.481 e. The van der Waals surface area contributed by atoms with Gasteiger partial charge in [-0.15, -0.1) is 0 Å². The fourth-order valence-corrected chi connectivity index (χ4v) is 3.61. The number of hydrogen-bond donors (Lipinski definition) is 2. The van der Waals surface area contributed by atoms with Gasteiger partial charge in [0.1, 0.15) is 5.60 Å². The lowest BCUT2D eigenvalue weighted by molar-refractivity contribution is -0.139. The molecule has 0 fully saturated rings. The molecule has 6 nitrogen and oxygen atoms in total. The number of hydrogen-bond acceptors (Lipinski definition) is 4. The van der Waals surface area contributed by atoms with Crippen LogP contribution < -0.4 is 5.32 Å². The van der Waals surface area contributed by atoms with E-state index >= 15 is 0 Å². The Labute approximate surface area is 160 Å². The van der Waals surface area contributed by atoms with Crippen molar-refractivity contribution in [3.63, 3.8) is 0 Å². The summed E-state index contributed by atoms with van der Waals surface area (Å²) in [6, 6.07) is -0.430.